The molecule has 0 radical (unpaired) electrons. The first-order valence-electron chi connectivity index (χ1n) is 11.1. The second-order valence-corrected chi connectivity index (χ2v) is 8.28. The van der Waals surface area contributed by atoms with E-state index < -0.39 is 0 Å². The minimum Gasteiger partial charge on any atom is -0.419 e. The number of hydrogen-bond donors (Lipinski definition) is 0. The Kier molecular flexibility index (Phi) is 4.79. The SMILES string of the molecule is O=C(c1ccc2ccccc2n1)N1CCC(c2nnc(-c3nccc4ccccc34)o2)CC1. The van der Waals surface area contributed by atoms with Crippen molar-refractivity contribution in [2.75, 3.05) is 13.1 Å². The Labute approximate surface area is 190 Å². The predicted molar refractivity (Wildman–Crippen MR) is 125 cm³/mol. The molecule has 4 heterocycles. The van der Waals surface area contributed by atoms with Crippen molar-refractivity contribution in [3.05, 3.63) is 84.5 Å². The van der Waals surface area contributed by atoms with Crippen LogP contribution in [0.2, 0.25) is 0 Å². The summed E-state index contributed by atoms with van der Waals surface area (Å²) in [5, 5.41) is 11.7. The highest BCUT2D eigenvalue weighted by Gasteiger charge is 2.29. The summed E-state index contributed by atoms with van der Waals surface area (Å²) in [5.41, 5.74) is 2.01. The van der Waals surface area contributed by atoms with Gasteiger partial charge in [-0.25, -0.2) is 4.98 Å². The molecule has 0 spiro atoms. The molecule has 0 atom stereocenters. The zero-order chi connectivity index (χ0) is 22.2. The number of likely N-dealkylation sites (tertiary alicyclic amines) is 1. The summed E-state index contributed by atoms with van der Waals surface area (Å²) in [6.45, 7) is 1.25. The predicted octanol–water partition coefficient (Wildman–Crippen LogP) is 4.85. The summed E-state index contributed by atoms with van der Waals surface area (Å²) in [7, 11) is 0. The molecule has 1 fully saturated rings. The second-order valence-electron chi connectivity index (χ2n) is 8.28. The van der Waals surface area contributed by atoms with Gasteiger partial charge in [0, 0.05) is 36.0 Å². The van der Waals surface area contributed by atoms with Crippen LogP contribution in [0.5, 0.6) is 0 Å². The number of fused-ring (bicyclic) bond motifs is 2. The Morgan fingerprint density at radius 2 is 1.67 bits per heavy atom. The summed E-state index contributed by atoms with van der Waals surface area (Å²) < 4.78 is 6.05. The molecule has 5 aromatic rings. The van der Waals surface area contributed by atoms with Gasteiger partial charge in [0.2, 0.25) is 5.89 Å². The van der Waals surface area contributed by atoms with E-state index in [4.69, 9.17) is 4.42 Å². The van der Waals surface area contributed by atoms with E-state index in [2.05, 4.69) is 20.2 Å². The lowest BCUT2D eigenvalue weighted by Gasteiger charge is -2.30. The number of benzene rings is 2. The van der Waals surface area contributed by atoms with E-state index in [0.29, 0.717) is 36.3 Å². The maximum atomic E-state index is 13.0. The molecule has 0 saturated carbocycles. The lowest BCUT2D eigenvalue weighted by atomic mass is 9.96. The smallest absolute Gasteiger partial charge is 0.272 e. The molecule has 0 bridgehead atoms. The number of nitrogens with zero attached hydrogens (tertiary/aromatic N) is 5. The van der Waals surface area contributed by atoms with E-state index in [1.807, 2.05) is 65.6 Å². The number of para-hydroxylation sites is 1. The van der Waals surface area contributed by atoms with E-state index in [9.17, 15) is 4.79 Å². The van der Waals surface area contributed by atoms with Gasteiger partial charge in [-0.1, -0.05) is 48.5 Å². The van der Waals surface area contributed by atoms with Crippen molar-refractivity contribution < 1.29 is 9.21 Å². The molecule has 162 valence electrons. The Morgan fingerprint density at radius 1 is 0.879 bits per heavy atom. The molecular formula is C26H21N5O2. The number of aromatic nitrogens is 4. The standard InChI is InChI=1S/C26H21N5O2/c32-26(22-10-9-18-6-2-4-8-21(18)28-22)31-15-12-19(13-16-31)24-29-30-25(33-24)23-20-7-3-1-5-17(20)11-14-27-23/h1-11,14,19H,12-13,15-16H2. The number of piperidine rings is 1. The third-order valence-electron chi connectivity index (χ3n) is 6.27. The Balaban J connectivity index is 1.17. The van der Waals surface area contributed by atoms with Crippen LogP contribution >= 0.6 is 0 Å². The number of rotatable bonds is 3. The topological polar surface area (TPSA) is 85.0 Å². The maximum absolute atomic E-state index is 13.0. The fraction of sp³-hybridized carbons (Fsp3) is 0.192. The number of amides is 1. The van der Waals surface area contributed by atoms with E-state index >= 15 is 0 Å². The summed E-state index contributed by atoms with van der Waals surface area (Å²) >= 11 is 0. The fourth-order valence-electron chi connectivity index (χ4n) is 4.46. The van der Waals surface area contributed by atoms with Gasteiger partial charge in [-0.2, -0.15) is 0 Å². The second kappa shape index (κ2) is 8.09. The Bertz CT molecular complexity index is 1460. The highest BCUT2D eigenvalue weighted by Crippen LogP contribution is 2.31. The van der Waals surface area contributed by atoms with Gasteiger partial charge < -0.3 is 9.32 Å². The largest absolute Gasteiger partial charge is 0.419 e. The van der Waals surface area contributed by atoms with Crippen LogP contribution in [0.25, 0.3) is 33.3 Å². The van der Waals surface area contributed by atoms with Crippen molar-refractivity contribution in [1.29, 1.82) is 0 Å². The Morgan fingerprint density at radius 3 is 2.55 bits per heavy atom. The highest BCUT2D eigenvalue weighted by atomic mass is 16.4. The quantitative estimate of drug-likeness (QED) is 0.403. The van der Waals surface area contributed by atoms with Gasteiger partial charge >= 0.3 is 0 Å². The average molecular weight is 435 g/mol. The summed E-state index contributed by atoms with van der Waals surface area (Å²) in [6, 6.07) is 21.5. The molecular weight excluding hydrogens is 414 g/mol. The van der Waals surface area contributed by atoms with Crippen molar-refractivity contribution in [2.45, 2.75) is 18.8 Å². The van der Waals surface area contributed by atoms with Crippen LogP contribution in [0.15, 0.2) is 77.3 Å². The third kappa shape index (κ3) is 3.61. The first-order chi connectivity index (χ1) is 16.3. The van der Waals surface area contributed by atoms with Crippen LogP contribution in [0.3, 0.4) is 0 Å². The highest BCUT2D eigenvalue weighted by molar-refractivity contribution is 5.95. The molecule has 0 aliphatic carbocycles. The molecule has 1 amide bonds. The molecule has 0 N–H and O–H groups in total. The molecule has 1 aliphatic rings. The minimum atomic E-state index is -0.0367. The molecule has 7 nitrogen and oxygen atoms in total. The molecule has 3 aromatic heterocycles. The lowest BCUT2D eigenvalue weighted by Crippen LogP contribution is -2.38. The monoisotopic (exact) mass is 435 g/mol. The van der Waals surface area contributed by atoms with Crippen molar-refractivity contribution in [3.63, 3.8) is 0 Å². The molecule has 1 saturated heterocycles. The van der Waals surface area contributed by atoms with Crippen LogP contribution in [-0.4, -0.2) is 44.1 Å². The summed E-state index contributed by atoms with van der Waals surface area (Å²) in [6.07, 6.45) is 3.29. The van der Waals surface area contributed by atoms with Crippen molar-refractivity contribution in [2.24, 2.45) is 0 Å². The normalized spacial score (nSPS) is 14.7. The summed E-state index contributed by atoms with van der Waals surface area (Å²) in [5.74, 6) is 1.12. The van der Waals surface area contributed by atoms with Crippen LogP contribution in [0.4, 0.5) is 0 Å². The molecule has 7 heteroatoms. The fourth-order valence-corrected chi connectivity index (χ4v) is 4.46. The van der Waals surface area contributed by atoms with Gasteiger partial charge in [0.15, 0.2) is 0 Å². The number of carbonyl (C=O) groups is 1. The average Bonchev–Trinajstić information content (AvgIpc) is 3.38. The molecule has 1 aliphatic heterocycles. The van der Waals surface area contributed by atoms with Gasteiger partial charge in [0.25, 0.3) is 11.8 Å². The maximum Gasteiger partial charge on any atom is 0.272 e. The third-order valence-corrected chi connectivity index (χ3v) is 6.27. The molecule has 6 rings (SSSR count). The lowest BCUT2D eigenvalue weighted by molar-refractivity contribution is 0.0701. The van der Waals surface area contributed by atoms with Gasteiger partial charge in [-0.3, -0.25) is 9.78 Å². The van der Waals surface area contributed by atoms with Crippen LogP contribution in [-0.2, 0) is 0 Å². The molecule has 0 unspecified atom stereocenters. The van der Waals surface area contributed by atoms with E-state index in [-0.39, 0.29) is 11.8 Å². The van der Waals surface area contributed by atoms with Crippen LogP contribution in [0, 0.1) is 0 Å². The zero-order valence-electron chi connectivity index (χ0n) is 17.9. The number of carbonyl (C=O) groups excluding carboxylic acids is 1. The number of hydrogen-bond acceptors (Lipinski definition) is 6. The minimum absolute atomic E-state index is 0.0367. The van der Waals surface area contributed by atoms with Gasteiger partial charge in [0.05, 0.1) is 5.52 Å². The van der Waals surface area contributed by atoms with Crippen LogP contribution in [0.1, 0.15) is 35.1 Å². The van der Waals surface area contributed by atoms with E-state index in [1.54, 1.807) is 12.3 Å². The van der Waals surface area contributed by atoms with Crippen molar-refractivity contribution in [1.82, 2.24) is 25.1 Å². The summed E-state index contributed by atoms with van der Waals surface area (Å²) in [4.78, 5) is 23.9. The van der Waals surface area contributed by atoms with Gasteiger partial charge in [0.1, 0.15) is 11.4 Å². The van der Waals surface area contributed by atoms with E-state index in [0.717, 1.165) is 34.5 Å². The Hall–Kier alpha value is -4.13. The van der Waals surface area contributed by atoms with Crippen molar-refractivity contribution in [3.8, 4) is 11.6 Å². The number of pyridine rings is 2. The zero-order valence-corrected chi connectivity index (χ0v) is 17.9. The van der Waals surface area contributed by atoms with Crippen molar-refractivity contribution >= 4 is 27.6 Å². The molecule has 33 heavy (non-hydrogen) atoms. The van der Waals surface area contributed by atoms with Gasteiger partial charge in [-0.15, -0.1) is 10.2 Å². The van der Waals surface area contributed by atoms with E-state index in [1.165, 1.54) is 0 Å². The first kappa shape index (κ1) is 19.5. The molecule has 2 aromatic carbocycles. The first-order valence-corrected chi connectivity index (χ1v) is 11.1. The van der Waals surface area contributed by atoms with Gasteiger partial charge in [-0.05, 0) is 36.4 Å². The van der Waals surface area contributed by atoms with Crippen LogP contribution < -0.4 is 0 Å².